The molecule has 1 aliphatic heterocycles. The van der Waals surface area contributed by atoms with Gasteiger partial charge in [0.1, 0.15) is 10.8 Å². The summed E-state index contributed by atoms with van der Waals surface area (Å²) in [5.41, 5.74) is 0. The van der Waals surface area contributed by atoms with Gasteiger partial charge in [-0.15, -0.1) is 0 Å². The largest absolute Gasteiger partial charge is 0.490 e. The predicted octanol–water partition coefficient (Wildman–Crippen LogP) is 2.24. The van der Waals surface area contributed by atoms with Crippen LogP contribution in [-0.2, 0) is 31.6 Å². The maximum atomic E-state index is 14.2. The SMILES string of the molecule is O=P(O)(O)OP(=O)(O)OP(=O)(O)OC[C@@H]1CC(F)[C@H](n2ccc(=S)[nH]c2=S)O1. The number of hydrogen-bond acceptors (Lipinski definition) is 9. The number of ether oxygens (including phenoxy) is 1. The smallest absolute Gasteiger partial charge is 0.349 e. The van der Waals surface area contributed by atoms with Crippen LogP contribution in [-0.4, -0.2) is 48.0 Å². The fourth-order valence-electron chi connectivity index (χ4n) is 2.16. The molecule has 0 aromatic carbocycles. The lowest BCUT2D eigenvalue weighted by Crippen LogP contribution is -2.19. The number of aromatic nitrogens is 2. The average Bonchev–Trinajstić information content (AvgIpc) is 2.82. The molecule has 2 rings (SSSR count). The molecule has 1 aliphatic rings. The van der Waals surface area contributed by atoms with E-state index < -0.39 is 48.6 Å². The van der Waals surface area contributed by atoms with E-state index >= 15 is 0 Å². The number of nitrogens with one attached hydrogen (secondary N) is 1. The van der Waals surface area contributed by atoms with Crippen LogP contribution < -0.4 is 0 Å². The molecule has 2 heterocycles. The molecule has 1 aromatic heterocycles. The van der Waals surface area contributed by atoms with Crippen molar-refractivity contribution >= 4 is 47.9 Å². The summed E-state index contributed by atoms with van der Waals surface area (Å²) in [6, 6.07) is 1.45. The van der Waals surface area contributed by atoms with Gasteiger partial charge >= 0.3 is 23.5 Å². The third-order valence-corrected chi connectivity index (χ3v) is 7.45. The summed E-state index contributed by atoms with van der Waals surface area (Å²) in [6.07, 6.45) is -2.73. The van der Waals surface area contributed by atoms with Crippen molar-refractivity contribution in [2.75, 3.05) is 6.61 Å². The fraction of sp³-hybridized carbons (Fsp3) is 0.556. The van der Waals surface area contributed by atoms with E-state index in [0.717, 1.165) is 0 Å². The minimum Gasteiger partial charge on any atom is -0.349 e. The number of phosphoric ester groups is 1. The molecule has 0 amide bonds. The van der Waals surface area contributed by atoms with Crippen LogP contribution >= 0.6 is 47.9 Å². The lowest BCUT2D eigenvalue weighted by atomic mass is 10.2. The Hall–Kier alpha value is -0.180. The first kappa shape index (κ1) is 24.1. The molecule has 13 nitrogen and oxygen atoms in total. The summed E-state index contributed by atoms with van der Waals surface area (Å²) < 4.78 is 66.2. The van der Waals surface area contributed by atoms with Crippen LogP contribution in [0.15, 0.2) is 12.3 Å². The Morgan fingerprint density at radius 1 is 1.21 bits per heavy atom. The van der Waals surface area contributed by atoms with Gasteiger partial charge in [-0.25, -0.2) is 18.1 Å². The normalized spacial score (nSPS) is 27.2. The number of aromatic amines is 1. The summed E-state index contributed by atoms with van der Waals surface area (Å²) in [5.74, 6) is 0. The number of halogens is 1. The number of alkyl halides is 1. The minimum absolute atomic E-state index is 0.0775. The molecule has 160 valence electrons. The first-order valence-corrected chi connectivity index (χ1v) is 12.4. The van der Waals surface area contributed by atoms with Crippen molar-refractivity contribution in [3.8, 4) is 0 Å². The summed E-state index contributed by atoms with van der Waals surface area (Å²) in [6.45, 7) is -0.753. The van der Waals surface area contributed by atoms with Crippen LogP contribution in [0.25, 0.3) is 0 Å². The first-order chi connectivity index (χ1) is 12.7. The van der Waals surface area contributed by atoms with Crippen LogP contribution in [0.4, 0.5) is 4.39 Å². The molecule has 5 atom stereocenters. The van der Waals surface area contributed by atoms with Crippen molar-refractivity contribution in [3.05, 3.63) is 21.7 Å². The summed E-state index contributed by atoms with van der Waals surface area (Å²) in [7, 11) is -16.4. The highest BCUT2D eigenvalue weighted by Crippen LogP contribution is 2.66. The zero-order valence-corrected chi connectivity index (χ0v) is 17.7. The zero-order chi connectivity index (χ0) is 21.3. The molecule has 1 fully saturated rings. The van der Waals surface area contributed by atoms with Gasteiger partial charge in [-0.3, -0.25) is 9.09 Å². The number of H-pyrrole nitrogens is 1. The molecule has 5 N–H and O–H groups in total. The van der Waals surface area contributed by atoms with Gasteiger partial charge in [-0.2, -0.15) is 8.62 Å². The maximum absolute atomic E-state index is 14.2. The van der Waals surface area contributed by atoms with Gasteiger partial charge in [-0.1, -0.05) is 12.2 Å². The molecule has 0 bridgehead atoms. The third-order valence-electron chi connectivity index (χ3n) is 3.09. The Balaban J connectivity index is 1.98. The Morgan fingerprint density at radius 3 is 2.43 bits per heavy atom. The number of rotatable bonds is 8. The van der Waals surface area contributed by atoms with Gasteiger partial charge in [0.2, 0.25) is 0 Å². The quantitative estimate of drug-likeness (QED) is 0.257. The molecular weight excluding hydrogens is 488 g/mol. The van der Waals surface area contributed by atoms with Gasteiger partial charge in [0.05, 0.1) is 12.7 Å². The fourth-order valence-corrected chi connectivity index (χ4v) is 5.71. The molecule has 19 heteroatoms. The maximum Gasteiger partial charge on any atom is 0.490 e. The third kappa shape index (κ3) is 7.26. The number of phosphoric acid groups is 3. The Morgan fingerprint density at radius 2 is 1.86 bits per heavy atom. The number of hydrogen-bond donors (Lipinski definition) is 5. The van der Waals surface area contributed by atoms with Crippen LogP contribution in [0.3, 0.4) is 0 Å². The van der Waals surface area contributed by atoms with Crippen molar-refractivity contribution in [3.63, 3.8) is 0 Å². The van der Waals surface area contributed by atoms with Crippen LogP contribution in [0, 0.1) is 9.41 Å². The van der Waals surface area contributed by atoms with Gasteiger partial charge in [-0.05, 0) is 18.3 Å². The van der Waals surface area contributed by atoms with Crippen molar-refractivity contribution in [2.24, 2.45) is 0 Å². The topological polar surface area (TPSA) is 190 Å². The summed E-state index contributed by atoms with van der Waals surface area (Å²) in [4.78, 5) is 37.9. The van der Waals surface area contributed by atoms with Crippen molar-refractivity contribution < 1.29 is 55.5 Å². The van der Waals surface area contributed by atoms with E-state index in [-0.39, 0.29) is 11.2 Å². The second kappa shape index (κ2) is 8.90. The van der Waals surface area contributed by atoms with E-state index in [1.165, 1.54) is 16.8 Å². The van der Waals surface area contributed by atoms with Crippen LogP contribution in [0.5, 0.6) is 0 Å². The lowest BCUT2D eigenvalue weighted by molar-refractivity contribution is -0.0379. The lowest BCUT2D eigenvalue weighted by Gasteiger charge is -2.19. The van der Waals surface area contributed by atoms with Crippen molar-refractivity contribution in [1.29, 1.82) is 0 Å². The highest BCUT2D eigenvalue weighted by molar-refractivity contribution is 7.72. The monoisotopic (exact) mass is 502 g/mol. The van der Waals surface area contributed by atoms with Gasteiger partial charge < -0.3 is 29.3 Å². The van der Waals surface area contributed by atoms with Gasteiger partial charge in [0, 0.05) is 12.6 Å². The predicted molar refractivity (Wildman–Crippen MR) is 93.7 cm³/mol. The molecule has 28 heavy (non-hydrogen) atoms. The van der Waals surface area contributed by atoms with Crippen molar-refractivity contribution in [1.82, 2.24) is 9.55 Å². The second-order valence-electron chi connectivity index (χ2n) is 5.30. The molecule has 0 aliphatic carbocycles. The van der Waals surface area contributed by atoms with E-state index in [9.17, 15) is 23.0 Å². The van der Waals surface area contributed by atoms with Crippen LogP contribution in [0.2, 0.25) is 0 Å². The molecule has 1 aromatic rings. The van der Waals surface area contributed by atoms with Gasteiger partial charge in [0.15, 0.2) is 11.0 Å². The Kier molecular flexibility index (Phi) is 7.66. The molecular formula is C9H14FN2O11P3S2. The number of nitrogens with zero attached hydrogens (tertiary/aromatic N) is 1. The standard InChI is InChI=1S/C9H14FN2O11P3S2/c10-6-3-5(21-8(6)12-2-1-7(27)11-9(12)28)4-20-25(16,17)23-26(18,19)22-24(13,14)15/h1-2,5-6,8H,3-4H2,(H,16,17)(H,18,19)(H,11,27,28)(H2,13,14,15)/t5-,6?,8+/m0/s1. The van der Waals surface area contributed by atoms with Crippen LogP contribution in [0.1, 0.15) is 12.6 Å². The Bertz CT molecular complexity index is 979. The highest BCUT2D eigenvalue weighted by atomic mass is 32.1. The molecule has 1 saturated heterocycles. The van der Waals surface area contributed by atoms with Gasteiger partial charge in [0.25, 0.3) is 0 Å². The summed E-state index contributed by atoms with van der Waals surface area (Å²) >= 11 is 9.90. The molecule has 0 saturated carbocycles. The van der Waals surface area contributed by atoms with E-state index in [1.807, 2.05) is 0 Å². The molecule has 0 spiro atoms. The zero-order valence-electron chi connectivity index (χ0n) is 13.4. The minimum atomic E-state index is -5.63. The van der Waals surface area contributed by atoms with E-state index in [0.29, 0.717) is 4.64 Å². The summed E-state index contributed by atoms with van der Waals surface area (Å²) in [5, 5.41) is 0. The van der Waals surface area contributed by atoms with E-state index in [1.54, 1.807) is 0 Å². The van der Waals surface area contributed by atoms with E-state index in [2.05, 4.69) is 18.1 Å². The molecule has 3 unspecified atom stereocenters. The first-order valence-electron chi connectivity index (χ1n) is 7.07. The second-order valence-corrected chi connectivity index (χ2v) is 10.6. The molecule has 0 radical (unpaired) electrons. The highest BCUT2D eigenvalue weighted by Gasteiger charge is 2.42. The Labute approximate surface area is 166 Å². The van der Waals surface area contributed by atoms with Crippen molar-refractivity contribution in [2.45, 2.75) is 24.9 Å². The van der Waals surface area contributed by atoms with E-state index in [4.69, 9.17) is 43.9 Å². The average molecular weight is 502 g/mol.